The van der Waals surface area contributed by atoms with Gasteiger partial charge < -0.3 is 25.3 Å². The van der Waals surface area contributed by atoms with Crippen molar-refractivity contribution in [2.75, 3.05) is 46.2 Å². The minimum Gasteiger partial charge on any atom is -0.379 e. The van der Waals surface area contributed by atoms with Gasteiger partial charge in [-0.25, -0.2) is 0 Å². The largest absolute Gasteiger partial charge is 0.379 e. The number of ether oxygens (including phenoxy) is 3. The number of carbonyl (C=O) groups excluding carboxylic acids is 1. The van der Waals surface area contributed by atoms with E-state index in [9.17, 15) is 4.79 Å². The summed E-state index contributed by atoms with van der Waals surface area (Å²) in [6.45, 7) is 10.3. The Bertz CT molecular complexity index is 250. The molecule has 21 heavy (non-hydrogen) atoms. The molecule has 1 amide bonds. The van der Waals surface area contributed by atoms with Crippen molar-refractivity contribution in [2.24, 2.45) is 11.7 Å². The first kappa shape index (κ1) is 20.3. The van der Waals surface area contributed by atoms with Crippen molar-refractivity contribution in [1.82, 2.24) is 5.32 Å². The Morgan fingerprint density at radius 3 is 2.00 bits per heavy atom. The Hall–Kier alpha value is -0.690. The van der Waals surface area contributed by atoms with Crippen molar-refractivity contribution in [3.63, 3.8) is 0 Å². The molecule has 0 fully saturated rings. The number of nitrogens with one attached hydrogen (secondary N) is 1. The summed E-state index contributed by atoms with van der Waals surface area (Å²) in [6.07, 6.45) is 2.24. The van der Waals surface area contributed by atoms with E-state index in [-0.39, 0.29) is 17.9 Å². The third kappa shape index (κ3) is 12.7. The van der Waals surface area contributed by atoms with E-state index in [1.54, 1.807) is 0 Å². The van der Waals surface area contributed by atoms with Crippen molar-refractivity contribution in [3.8, 4) is 0 Å². The van der Waals surface area contributed by atoms with Crippen LogP contribution in [0, 0.1) is 5.92 Å². The maximum atomic E-state index is 11.2. The van der Waals surface area contributed by atoms with Crippen molar-refractivity contribution < 1.29 is 19.0 Å². The first-order valence-electron chi connectivity index (χ1n) is 7.85. The van der Waals surface area contributed by atoms with Gasteiger partial charge >= 0.3 is 0 Å². The van der Waals surface area contributed by atoms with Crippen molar-refractivity contribution in [1.29, 1.82) is 0 Å². The summed E-state index contributed by atoms with van der Waals surface area (Å²) in [5.74, 6) is -0.144. The topological polar surface area (TPSA) is 82.8 Å². The number of nitrogens with two attached hydrogens (primary N) is 1. The first-order valence-corrected chi connectivity index (χ1v) is 7.85. The molecule has 0 aromatic rings. The van der Waals surface area contributed by atoms with Gasteiger partial charge in [-0.3, -0.25) is 4.79 Å². The zero-order valence-corrected chi connectivity index (χ0v) is 13.7. The molecule has 0 aromatic heterocycles. The van der Waals surface area contributed by atoms with Crippen LogP contribution >= 0.6 is 0 Å². The Balaban J connectivity index is 3.27. The summed E-state index contributed by atoms with van der Waals surface area (Å²) >= 11 is 0. The van der Waals surface area contributed by atoms with Crippen LogP contribution in [0.25, 0.3) is 0 Å². The highest BCUT2D eigenvalue weighted by molar-refractivity contribution is 5.80. The van der Waals surface area contributed by atoms with Crippen molar-refractivity contribution in [3.05, 3.63) is 0 Å². The Kier molecular flexibility index (Phi) is 13.8. The SMILES string of the molecule is CCCCOCCOCCOCCNC(C(N)=O)C(C)C. The molecule has 1 unspecified atom stereocenters. The number of primary amides is 1. The average molecular weight is 304 g/mol. The number of hydrogen-bond donors (Lipinski definition) is 2. The minimum atomic E-state index is -0.323. The van der Waals surface area contributed by atoms with Crippen molar-refractivity contribution in [2.45, 2.75) is 39.7 Å². The summed E-state index contributed by atoms with van der Waals surface area (Å²) in [6, 6.07) is -0.301. The molecule has 0 saturated carbocycles. The number of rotatable bonds is 15. The smallest absolute Gasteiger partial charge is 0.234 e. The summed E-state index contributed by atoms with van der Waals surface area (Å²) in [4.78, 5) is 11.2. The highest BCUT2D eigenvalue weighted by atomic mass is 16.5. The van der Waals surface area contributed by atoms with E-state index in [4.69, 9.17) is 19.9 Å². The van der Waals surface area contributed by atoms with Crippen LogP contribution in [0.1, 0.15) is 33.6 Å². The van der Waals surface area contributed by atoms with Crippen LogP contribution < -0.4 is 11.1 Å². The predicted molar refractivity (Wildman–Crippen MR) is 83.2 cm³/mol. The summed E-state index contributed by atoms with van der Waals surface area (Å²) in [5, 5.41) is 3.09. The molecule has 0 aliphatic rings. The average Bonchev–Trinajstić information content (AvgIpc) is 2.43. The number of carbonyl (C=O) groups is 1. The van der Waals surface area contributed by atoms with Crippen LogP contribution in [-0.2, 0) is 19.0 Å². The quantitative estimate of drug-likeness (QED) is 0.440. The van der Waals surface area contributed by atoms with E-state index in [1.165, 1.54) is 0 Å². The lowest BCUT2D eigenvalue weighted by molar-refractivity contribution is -0.121. The van der Waals surface area contributed by atoms with Crippen LogP contribution in [0.2, 0.25) is 0 Å². The highest BCUT2D eigenvalue weighted by Gasteiger charge is 2.17. The van der Waals surface area contributed by atoms with Crippen molar-refractivity contribution >= 4 is 5.91 Å². The van der Waals surface area contributed by atoms with Gasteiger partial charge in [0.25, 0.3) is 0 Å². The summed E-state index contributed by atoms with van der Waals surface area (Å²) in [5.41, 5.74) is 5.30. The van der Waals surface area contributed by atoms with Gasteiger partial charge in [0.2, 0.25) is 5.91 Å². The lowest BCUT2D eigenvalue weighted by Crippen LogP contribution is -2.46. The van der Waals surface area contributed by atoms with Crippen LogP contribution in [0.15, 0.2) is 0 Å². The van der Waals surface area contributed by atoms with Gasteiger partial charge in [-0.05, 0) is 12.3 Å². The normalized spacial score (nSPS) is 12.8. The monoisotopic (exact) mass is 304 g/mol. The standard InChI is InChI=1S/C15H32N2O4/c1-4-5-7-19-9-11-21-12-10-20-8-6-17-14(13(2)3)15(16)18/h13-14,17H,4-12H2,1-3H3,(H2,16,18). The molecule has 0 radical (unpaired) electrons. The van der Waals surface area contributed by atoms with E-state index in [2.05, 4.69) is 12.2 Å². The fraction of sp³-hybridized carbons (Fsp3) is 0.933. The summed E-state index contributed by atoms with van der Waals surface area (Å²) < 4.78 is 16.2. The molecule has 126 valence electrons. The fourth-order valence-electron chi connectivity index (χ4n) is 1.74. The van der Waals surface area contributed by atoms with Crippen LogP contribution in [-0.4, -0.2) is 58.1 Å². The fourth-order valence-corrected chi connectivity index (χ4v) is 1.74. The van der Waals surface area contributed by atoms with Gasteiger partial charge in [-0.1, -0.05) is 27.2 Å². The molecule has 0 saturated heterocycles. The lowest BCUT2D eigenvalue weighted by Gasteiger charge is -2.18. The molecule has 0 bridgehead atoms. The maximum Gasteiger partial charge on any atom is 0.234 e. The Morgan fingerprint density at radius 1 is 1.00 bits per heavy atom. The van der Waals surface area contributed by atoms with E-state index in [0.29, 0.717) is 39.6 Å². The zero-order valence-electron chi connectivity index (χ0n) is 13.7. The minimum absolute atomic E-state index is 0.179. The molecule has 6 heteroatoms. The molecule has 0 aliphatic heterocycles. The molecular weight excluding hydrogens is 272 g/mol. The Labute approximate surface area is 128 Å². The van der Waals surface area contributed by atoms with Gasteiger partial charge in [0.15, 0.2) is 0 Å². The van der Waals surface area contributed by atoms with E-state index >= 15 is 0 Å². The molecule has 6 nitrogen and oxygen atoms in total. The molecular formula is C15H32N2O4. The van der Waals surface area contributed by atoms with Gasteiger partial charge in [-0.2, -0.15) is 0 Å². The second-order valence-corrected chi connectivity index (χ2v) is 5.27. The zero-order chi connectivity index (χ0) is 15.9. The molecule has 3 N–H and O–H groups in total. The first-order chi connectivity index (χ1) is 10.1. The second kappa shape index (κ2) is 14.3. The third-order valence-corrected chi connectivity index (χ3v) is 2.97. The molecule has 0 aromatic carbocycles. The van der Waals surface area contributed by atoms with Gasteiger partial charge in [0.05, 0.1) is 39.1 Å². The molecule has 0 spiro atoms. The summed E-state index contributed by atoms with van der Waals surface area (Å²) in [7, 11) is 0. The van der Waals surface area contributed by atoms with Crippen LogP contribution in [0.3, 0.4) is 0 Å². The van der Waals surface area contributed by atoms with Crippen LogP contribution in [0.5, 0.6) is 0 Å². The molecule has 0 aliphatic carbocycles. The van der Waals surface area contributed by atoms with Gasteiger partial charge in [0.1, 0.15) is 0 Å². The van der Waals surface area contributed by atoms with E-state index < -0.39 is 0 Å². The number of unbranched alkanes of at least 4 members (excludes halogenated alkanes) is 1. The molecule has 1 atom stereocenters. The predicted octanol–water partition coefficient (Wildman–Crippen LogP) is 0.936. The maximum absolute atomic E-state index is 11.2. The van der Waals surface area contributed by atoms with E-state index in [1.807, 2.05) is 13.8 Å². The van der Waals surface area contributed by atoms with Crippen LogP contribution in [0.4, 0.5) is 0 Å². The molecule has 0 heterocycles. The lowest BCUT2D eigenvalue weighted by atomic mass is 10.0. The number of hydrogen-bond acceptors (Lipinski definition) is 5. The van der Waals surface area contributed by atoms with E-state index in [0.717, 1.165) is 19.4 Å². The third-order valence-electron chi connectivity index (χ3n) is 2.97. The Morgan fingerprint density at radius 2 is 1.52 bits per heavy atom. The highest BCUT2D eigenvalue weighted by Crippen LogP contribution is 1.99. The second-order valence-electron chi connectivity index (χ2n) is 5.27. The molecule has 0 rings (SSSR count). The van der Waals surface area contributed by atoms with Gasteiger partial charge in [-0.15, -0.1) is 0 Å². The van der Waals surface area contributed by atoms with Gasteiger partial charge in [0, 0.05) is 13.2 Å². The number of amides is 1.